The Bertz CT molecular complexity index is 297. The highest BCUT2D eigenvalue weighted by Gasteiger charge is 2.04. The van der Waals surface area contributed by atoms with E-state index in [-0.39, 0.29) is 16.5 Å². The van der Waals surface area contributed by atoms with Gasteiger partial charge in [-0.05, 0) is 18.2 Å². The van der Waals surface area contributed by atoms with Crippen LogP contribution in [0.25, 0.3) is 0 Å². The summed E-state index contributed by atoms with van der Waals surface area (Å²) in [6.07, 6.45) is 0. The summed E-state index contributed by atoms with van der Waals surface area (Å²) in [4.78, 5) is 10.4. The maximum atomic E-state index is 10.4. The predicted octanol–water partition coefficient (Wildman–Crippen LogP) is 0.970. The molecular weight excluding hydrogens is 162 g/mol. The smallest absolute Gasteiger partial charge is 0.335 e. The molecule has 0 unspecified atom stereocenters. The number of nitrogens with zero attached hydrogens (tertiary/aromatic N) is 1. The highest BCUT2D eigenvalue weighted by Crippen LogP contribution is 2.12. The first kappa shape index (κ1) is 8.51. The zero-order valence-corrected chi connectivity index (χ0v) is 6.01. The topological polar surface area (TPSA) is 81.0 Å². The zero-order chi connectivity index (χ0) is 9.14. The summed E-state index contributed by atoms with van der Waals surface area (Å²) in [6, 6.07) is 5.28. The van der Waals surface area contributed by atoms with E-state index in [1.807, 2.05) is 0 Å². The van der Waals surface area contributed by atoms with Gasteiger partial charge in [0.1, 0.15) is 0 Å². The third-order valence-corrected chi connectivity index (χ3v) is 1.32. The number of anilines is 1. The van der Waals surface area contributed by atoms with Gasteiger partial charge in [-0.1, -0.05) is 6.07 Å². The minimum atomic E-state index is -1.11. The van der Waals surface area contributed by atoms with Crippen molar-refractivity contribution in [2.24, 2.45) is 0 Å². The second-order valence-corrected chi connectivity index (χ2v) is 2.14. The summed E-state index contributed by atoms with van der Waals surface area (Å²) in [5.74, 6) is -1.11. The molecule has 0 heterocycles. The van der Waals surface area contributed by atoms with Gasteiger partial charge in [0.2, 0.25) is 0 Å². The number of carboxylic acids is 1. The van der Waals surface area contributed by atoms with E-state index in [0.29, 0.717) is 0 Å². The van der Waals surface area contributed by atoms with Crippen LogP contribution < -0.4 is 5.23 Å². The van der Waals surface area contributed by atoms with Crippen molar-refractivity contribution < 1.29 is 20.3 Å². The Morgan fingerprint density at radius 1 is 1.33 bits per heavy atom. The van der Waals surface area contributed by atoms with Crippen molar-refractivity contribution in [3.63, 3.8) is 0 Å². The molecule has 5 nitrogen and oxygen atoms in total. The van der Waals surface area contributed by atoms with Gasteiger partial charge in [-0.25, -0.2) is 4.79 Å². The van der Waals surface area contributed by atoms with Gasteiger partial charge in [0.05, 0.1) is 11.3 Å². The van der Waals surface area contributed by atoms with E-state index in [2.05, 4.69) is 0 Å². The molecule has 5 heteroatoms. The molecule has 0 fully saturated rings. The molecule has 0 bridgehead atoms. The standard InChI is InChI=1S/C7H7NO4/c9-7(10)5-2-1-3-6(4-5)8(11)12/h1-4,11-12H,(H,9,10). The fourth-order valence-corrected chi connectivity index (χ4v) is 0.763. The fraction of sp³-hybridized carbons (Fsp3) is 0. The number of carboxylic acid groups (broad SMARTS) is 1. The SMILES string of the molecule is O=C(O)c1cccc(N(O)O)c1. The van der Waals surface area contributed by atoms with E-state index in [1.165, 1.54) is 18.2 Å². The summed E-state index contributed by atoms with van der Waals surface area (Å²) in [5, 5.41) is 25.4. The van der Waals surface area contributed by atoms with Crippen LogP contribution in [0.4, 0.5) is 5.69 Å². The van der Waals surface area contributed by atoms with Crippen molar-refractivity contribution in [2.75, 3.05) is 5.23 Å². The van der Waals surface area contributed by atoms with Crippen LogP contribution in [0.15, 0.2) is 24.3 Å². The number of hydrogen-bond donors (Lipinski definition) is 3. The quantitative estimate of drug-likeness (QED) is 0.574. The van der Waals surface area contributed by atoms with E-state index >= 15 is 0 Å². The first-order valence-electron chi connectivity index (χ1n) is 3.12. The molecule has 12 heavy (non-hydrogen) atoms. The van der Waals surface area contributed by atoms with E-state index < -0.39 is 5.97 Å². The summed E-state index contributed by atoms with van der Waals surface area (Å²) in [5.41, 5.74) is 0.00972. The maximum absolute atomic E-state index is 10.4. The summed E-state index contributed by atoms with van der Waals surface area (Å²) < 4.78 is 0. The molecule has 0 aromatic heterocycles. The van der Waals surface area contributed by atoms with Gasteiger partial charge in [-0.2, -0.15) is 0 Å². The van der Waals surface area contributed by atoms with Gasteiger partial charge < -0.3 is 5.11 Å². The van der Waals surface area contributed by atoms with Crippen molar-refractivity contribution in [1.82, 2.24) is 0 Å². The average molecular weight is 169 g/mol. The van der Waals surface area contributed by atoms with Crippen LogP contribution in [0.5, 0.6) is 0 Å². The van der Waals surface area contributed by atoms with E-state index in [0.717, 1.165) is 6.07 Å². The van der Waals surface area contributed by atoms with E-state index in [9.17, 15) is 4.79 Å². The normalized spacial score (nSPS) is 9.50. The second-order valence-electron chi connectivity index (χ2n) is 2.14. The molecule has 0 aliphatic heterocycles. The van der Waals surface area contributed by atoms with Gasteiger partial charge in [-0.15, -0.1) is 5.23 Å². The van der Waals surface area contributed by atoms with Crippen LogP contribution >= 0.6 is 0 Å². The van der Waals surface area contributed by atoms with E-state index in [1.54, 1.807) is 0 Å². The van der Waals surface area contributed by atoms with Crippen molar-refractivity contribution >= 4 is 11.7 Å². The highest BCUT2D eigenvalue weighted by molar-refractivity contribution is 5.88. The molecule has 1 aromatic rings. The molecule has 64 valence electrons. The van der Waals surface area contributed by atoms with E-state index in [4.69, 9.17) is 15.5 Å². The van der Waals surface area contributed by atoms with Crippen LogP contribution in [-0.4, -0.2) is 21.5 Å². The minimum absolute atomic E-state index is 0.000556. The van der Waals surface area contributed by atoms with Gasteiger partial charge in [0.25, 0.3) is 0 Å². The summed E-state index contributed by atoms with van der Waals surface area (Å²) in [6.45, 7) is 0. The average Bonchev–Trinajstić information content (AvgIpc) is 2.04. The van der Waals surface area contributed by atoms with Crippen molar-refractivity contribution in [2.45, 2.75) is 0 Å². The minimum Gasteiger partial charge on any atom is -0.478 e. The van der Waals surface area contributed by atoms with Crippen LogP contribution in [0.1, 0.15) is 10.4 Å². The zero-order valence-electron chi connectivity index (χ0n) is 6.01. The van der Waals surface area contributed by atoms with Crippen LogP contribution in [0.2, 0.25) is 0 Å². The molecule has 1 aromatic carbocycles. The third-order valence-electron chi connectivity index (χ3n) is 1.32. The third kappa shape index (κ3) is 1.71. The lowest BCUT2D eigenvalue weighted by molar-refractivity contribution is 0.0291. The molecule has 0 atom stereocenters. The lowest BCUT2D eigenvalue weighted by Gasteiger charge is -2.07. The van der Waals surface area contributed by atoms with Gasteiger partial charge in [0, 0.05) is 0 Å². The molecule has 0 aliphatic carbocycles. The Balaban J connectivity index is 3.04. The largest absolute Gasteiger partial charge is 0.478 e. The van der Waals surface area contributed by atoms with Gasteiger partial charge >= 0.3 is 5.97 Å². The maximum Gasteiger partial charge on any atom is 0.335 e. The molecule has 0 saturated carbocycles. The predicted molar refractivity (Wildman–Crippen MR) is 39.5 cm³/mol. The van der Waals surface area contributed by atoms with Gasteiger partial charge in [0.15, 0.2) is 0 Å². The lowest BCUT2D eigenvalue weighted by Crippen LogP contribution is -2.11. The Kier molecular flexibility index (Phi) is 2.27. The Morgan fingerprint density at radius 2 is 2.00 bits per heavy atom. The monoisotopic (exact) mass is 169 g/mol. The first-order valence-corrected chi connectivity index (χ1v) is 3.12. The Labute approximate surface area is 68.0 Å². The molecule has 3 N–H and O–H groups in total. The lowest BCUT2D eigenvalue weighted by atomic mass is 10.2. The number of hydrogen-bond acceptors (Lipinski definition) is 4. The van der Waals surface area contributed by atoms with Gasteiger partial charge in [-0.3, -0.25) is 10.4 Å². The molecule has 0 spiro atoms. The molecular formula is C7H7NO4. The van der Waals surface area contributed by atoms with Crippen molar-refractivity contribution in [3.05, 3.63) is 29.8 Å². The van der Waals surface area contributed by atoms with Crippen LogP contribution in [0.3, 0.4) is 0 Å². The molecule has 0 saturated heterocycles. The number of benzene rings is 1. The highest BCUT2D eigenvalue weighted by atomic mass is 16.8. The summed E-state index contributed by atoms with van der Waals surface area (Å²) in [7, 11) is 0. The molecule has 0 aliphatic rings. The van der Waals surface area contributed by atoms with Crippen molar-refractivity contribution in [3.8, 4) is 0 Å². The van der Waals surface area contributed by atoms with Crippen molar-refractivity contribution in [1.29, 1.82) is 0 Å². The summed E-state index contributed by atoms with van der Waals surface area (Å²) >= 11 is 0. The number of aromatic carboxylic acids is 1. The fourth-order valence-electron chi connectivity index (χ4n) is 0.763. The Morgan fingerprint density at radius 3 is 2.50 bits per heavy atom. The number of rotatable bonds is 2. The Hall–Kier alpha value is -1.59. The molecule has 0 amide bonds. The van der Waals surface area contributed by atoms with Crippen LogP contribution in [0, 0.1) is 0 Å². The molecule has 0 radical (unpaired) electrons. The molecule has 1 rings (SSSR count). The first-order chi connectivity index (χ1) is 5.61. The van der Waals surface area contributed by atoms with Crippen LogP contribution in [-0.2, 0) is 0 Å². The second kappa shape index (κ2) is 3.21. The number of carbonyl (C=O) groups is 1.